The van der Waals surface area contributed by atoms with Gasteiger partial charge in [0.15, 0.2) is 0 Å². The van der Waals surface area contributed by atoms with E-state index in [1.807, 2.05) is 0 Å². The number of hydrogen-bond donors (Lipinski definition) is 1. The molecule has 2 rings (SSSR count). The van der Waals surface area contributed by atoms with Crippen LogP contribution in [0.1, 0.15) is 43.7 Å². The van der Waals surface area contributed by atoms with Gasteiger partial charge in [0.1, 0.15) is 0 Å². The average Bonchev–Trinajstić information content (AvgIpc) is 3.18. The van der Waals surface area contributed by atoms with Crippen molar-refractivity contribution in [3.05, 3.63) is 35.4 Å². The number of hydrogen-bond acceptors (Lipinski definition) is 2. The summed E-state index contributed by atoms with van der Waals surface area (Å²) in [6.07, 6.45) is 5.06. The first kappa shape index (κ1) is 12.6. The van der Waals surface area contributed by atoms with Crippen molar-refractivity contribution in [3.63, 3.8) is 0 Å². The first-order valence-corrected chi connectivity index (χ1v) is 6.77. The van der Waals surface area contributed by atoms with Crippen molar-refractivity contribution in [2.75, 3.05) is 6.61 Å². The van der Waals surface area contributed by atoms with E-state index in [-0.39, 0.29) is 0 Å². The van der Waals surface area contributed by atoms with Crippen LogP contribution in [-0.2, 0) is 17.9 Å². The van der Waals surface area contributed by atoms with Gasteiger partial charge in [-0.1, -0.05) is 37.6 Å². The maximum Gasteiger partial charge on any atom is 0.0716 e. The van der Waals surface area contributed by atoms with Crippen molar-refractivity contribution < 1.29 is 4.74 Å². The van der Waals surface area contributed by atoms with Crippen LogP contribution in [0, 0.1) is 0 Å². The molecule has 0 atom stereocenters. The second-order valence-electron chi connectivity index (χ2n) is 4.88. The van der Waals surface area contributed by atoms with Crippen LogP contribution in [0.4, 0.5) is 0 Å². The molecule has 1 aromatic carbocycles. The second-order valence-corrected chi connectivity index (χ2v) is 4.88. The van der Waals surface area contributed by atoms with E-state index in [1.54, 1.807) is 0 Å². The molecule has 0 bridgehead atoms. The summed E-state index contributed by atoms with van der Waals surface area (Å²) < 4.78 is 5.59. The highest BCUT2D eigenvalue weighted by molar-refractivity contribution is 5.22. The summed E-state index contributed by atoms with van der Waals surface area (Å²) in [5, 5.41) is 3.52. The number of benzene rings is 1. The van der Waals surface area contributed by atoms with Crippen LogP contribution in [0.15, 0.2) is 24.3 Å². The quantitative estimate of drug-likeness (QED) is 0.696. The van der Waals surface area contributed by atoms with Gasteiger partial charge < -0.3 is 10.1 Å². The van der Waals surface area contributed by atoms with E-state index in [1.165, 1.54) is 30.4 Å². The third kappa shape index (κ3) is 4.88. The highest BCUT2D eigenvalue weighted by Gasteiger charge is 2.19. The molecule has 94 valence electrons. The number of ether oxygens (including phenoxy) is 1. The Kier molecular flexibility index (Phi) is 5.02. The van der Waals surface area contributed by atoms with Crippen LogP contribution in [0.2, 0.25) is 0 Å². The Morgan fingerprint density at radius 3 is 2.53 bits per heavy atom. The van der Waals surface area contributed by atoms with Gasteiger partial charge in [0.25, 0.3) is 0 Å². The lowest BCUT2D eigenvalue weighted by Crippen LogP contribution is -2.15. The van der Waals surface area contributed by atoms with Crippen LogP contribution < -0.4 is 5.32 Å². The highest BCUT2D eigenvalue weighted by Crippen LogP contribution is 2.19. The molecule has 1 aromatic rings. The SMILES string of the molecule is CCCCOCc1ccc(CNC2CC2)cc1. The molecule has 2 heteroatoms. The van der Waals surface area contributed by atoms with E-state index in [0.29, 0.717) is 0 Å². The number of rotatable bonds is 8. The molecule has 0 aromatic heterocycles. The summed E-state index contributed by atoms with van der Waals surface area (Å²) in [6.45, 7) is 4.81. The van der Waals surface area contributed by atoms with Gasteiger partial charge in [-0.25, -0.2) is 0 Å². The summed E-state index contributed by atoms with van der Waals surface area (Å²) in [5.74, 6) is 0. The smallest absolute Gasteiger partial charge is 0.0716 e. The Hall–Kier alpha value is -0.860. The molecule has 0 amide bonds. The third-order valence-electron chi connectivity index (χ3n) is 3.11. The lowest BCUT2D eigenvalue weighted by molar-refractivity contribution is 0.118. The Balaban J connectivity index is 1.68. The fourth-order valence-electron chi connectivity index (χ4n) is 1.74. The van der Waals surface area contributed by atoms with Gasteiger partial charge in [-0.2, -0.15) is 0 Å². The molecular formula is C15H23NO. The molecule has 17 heavy (non-hydrogen) atoms. The molecule has 0 saturated heterocycles. The van der Waals surface area contributed by atoms with Gasteiger partial charge in [0.2, 0.25) is 0 Å². The molecule has 0 unspecified atom stereocenters. The average molecular weight is 233 g/mol. The summed E-state index contributed by atoms with van der Waals surface area (Å²) in [4.78, 5) is 0. The van der Waals surface area contributed by atoms with Crippen molar-refractivity contribution in [2.24, 2.45) is 0 Å². The van der Waals surface area contributed by atoms with Crippen molar-refractivity contribution in [2.45, 2.75) is 51.8 Å². The lowest BCUT2D eigenvalue weighted by Gasteiger charge is -2.06. The molecule has 0 heterocycles. The zero-order chi connectivity index (χ0) is 11.9. The maximum absolute atomic E-state index is 5.59. The van der Waals surface area contributed by atoms with Crippen LogP contribution in [0.25, 0.3) is 0 Å². The zero-order valence-electron chi connectivity index (χ0n) is 10.7. The van der Waals surface area contributed by atoms with E-state index in [0.717, 1.165) is 32.2 Å². The fraction of sp³-hybridized carbons (Fsp3) is 0.600. The van der Waals surface area contributed by atoms with Crippen molar-refractivity contribution in [1.82, 2.24) is 5.32 Å². The predicted octanol–water partition coefficient (Wildman–Crippen LogP) is 3.26. The van der Waals surface area contributed by atoms with Gasteiger partial charge in [0.05, 0.1) is 6.61 Å². The molecular weight excluding hydrogens is 210 g/mol. The monoisotopic (exact) mass is 233 g/mol. The minimum absolute atomic E-state index is 0.746. The van der Waals surface area contributed by atoms with Crippen molar-refractivity contribution in [3.8, 4) is 0 Å². The van der Waals surface area contributed by atoms with Gasteiger partial charge >= 0.3 is 0 Å². The molecule has 1 N–H and O–H groups in total. The standard InChI is InChI=1S/C15H23NO/c1-2-3-10-17-12-14-6-4-13(5-7-14)11-16-15-8-9-15/h4-7,15-16H,2-3,8-12H2,1H3. The highest BCUT2D eigenvalue weighted by atomic mass is 16.5. The molecule has 2 nitrogen and oxygen atoms in total. The van der Waals surface area contributed by atoms with E-state index < -0.39 is 0 Å². The van der Waals surface area contributed by atoms with Crippen LogP contribution in [0.5, 0.6) is 0 Å². The molecule has 0 aliphatic heterocycles. The number of nitrogens with one attached hydrogen (secondary N) is 1. The van der Waals surface area contributed by atoms with E-state index >= 15 is 0 Å². The van der Waals surface area contributed by atoms with Crippen LogP contribution in [-0.4, -0.2) is 12.6 Å². The second kappa shape index (κ2) is 6.77. The molecule has 1 aliphatic rings. The van der Waals surface area contributed by atoms with Gasteiger partial charge in [-0.15, -0.1) is 0 Å². The molecule has 1 saturated carbocycles. The summed E-state index contributed by atoms with van der Waals surface area (Å²) in [5.41, 5.74) is 2.64. The molecule has 1 fully saturated rings. The minimum Gasteiger partial charge on any atom is -0.377 e. The predicted molar refractivity (Wildman–Crippen MR) is 70.9 cm³/mol. The normalized spacial score (nSPS) is 15.1. The molecule has 0 radical (unpaired) electrons. The minimum atomic E-state index is 0.746. The lowest BCUT2D eigenvalue weighted by atomic mass is 10.1. The van der Waals surface area contributed by atoms with E-state index in [2.05, 4.69) is 36.5 Å². The van der Waals surface area contributed by atoms with Crippen LogP contribution in [0.3, 0.4) is 0 Å². The van der Waals surface area contributed by atoms with Gasteiger partial charge in [0, 0.05) is 19.2 Å². The maximum atomic E-state index is 5.59. The summed E-state index contributed by atoms with van der Waals surface area (Å²) in [6, 6.07) is 9.54. The molecule has 0 spiro atoms. The first-order chi connectivity index (χ1) is 8.38. The fourth-order valence-corrected chi connectivity index (χ4v) is 1.74. The Morgan fingerprint density at radius 2 is 1.88 bits per heavy atom. The van der Waals surface area contributed by atoms with E-state index in [9.17, 15) is 0 Å². The number of unbranched alkanes of at least 4 members (excludes halogenated alkanes) is 1. The Bertz CT molecular complexity index is 316. The Labute approximate surface area is 104 Å². The van der Waals surface area contributed by atoms with Crippen molar-refractivity contribution >= 4 is 0 Å². The third-order valence-corrected chi connectivity index (χ3v) is 3.11. The largest absolute Gasteiger partial charge is 0.377 e. The topological polar surface area (TPSA) is 21.3 Å². The summed E-state index contributed by atoms with van der Waals surface area (Å²) >= 11 is 0. The van der Waals surface area contributed by atoms with Crippen LogP contribution >= 0.6 is 0 Å². The Morgan fingerprint density at radius 1 is 1.18 bits per heavy atom. The van der Waals surface area contributed by atoms with Crippen molar-refractivity contribution in [1.29, 1.82) is 0 Å². The summed E-state index contributed by atoms with van der Waals surface area (Å²) in [7, 11) is 0. The molecule has 1 aliphatic carbocycles. The first-order valence-electron chi connectivity index (χ1n) is 6.77. The van der Waals surface area contributed by atoms with Gasteiger partial charge in [-0.3, -0.25) is 0 Å². The van der Waals surface area contributed by atoms with E-state index in [4.69, 9.17) is 4.74 Å². The van der Waals surface area contributed by atoms with Gasteiger partial charge in [-0.05, 0) is 30.4 Å². The zero-order valence-corrected chi connectivity index (χ0v) is 10.7.